The largest absolute Gasteiger partial charge is 0.392 e. The average molecular weight is 259 g/mol. The fraction of sp³-hybridized carbons (Fsp3) is 0.917. The predicted octanol–water partition coefficient (Wildman–Crippen LogP) is 0.440. The van der Waals surface area contributed by atoms with Gasteiger partial charge in [0.1, 0.15) is 0 Å². The Labute approximate surface area is 110 Å². The van der Waals surface area contributed by atoms with Crippen molar-refractivity contribution in [1.29, 1.82) is 0 Å². The number of hydrogen-bond acceptors (Lipinski definition) is 4. The molecule has 0 aromatic heterocycles. The van der Waals surface area contributed by atoms with E-state index < -0.39 is 5.60 Å². The lowest BCUT2D eigenvalue weighted by Gasteiger charge is -2.40. The predicted molar refractivity (Wildman–Crippen MR) is 75.2 cm³/mol. The maximum Gasteiger partial charge on any atom is 0.0901 e. The SMILES string of the molecule is CCC(C(N)=S)N1CCN(CC(C)(C)O)CC1. The van der Waals surface area contributed by atoms with E-state index in [1.54, 1.807) is 0 Å². The van der Waals surface area contributed by atoms with Gasteiger partial charge in [-0.05, 0) is 20.3 Å². The van der Waals surface area contributed by atoms with Crippen molar-refractivity contribution in [3.8, 4) is 0 Å². The molecule has 1 saturated heterocycles. The van der Waals surface area contributed by atoms with Crippen molar-refractivity contribution in [2.75, 3.05) is 32.7 Å². The van der Waals surface area contributed by atoms with E-state index in [1.807, 2.05) is 13.8 Å². The Morgan fingerprint density at radius 1 is 1.35 bits per heavy atom. The Kier molecular flexibility index (Phi) is 5.31. The molecule has 1 rings (SSSR count). The van der Waals surface area contributed by atoms with Crippen molar-refractivity contribution in [1.82, 2.24) is 9.80 Å². The summed E-state index contributed by atoms with van der Waals surface area (Å²) in [7, 11) is 0. The lowest BCUT2D eigenvalue weighted by molar-refractivity contribution is 0.0150. The zero-order valence-corrected chi connectivity index (χ0v) is 12.0. The highest BCUT2D eigenvalue weighted by atomic mass is 32.1. The highest BCUT2D eigenvalue weighted by molar-refractivity contribution is 7.80. The Hall–Kier alpha value is -0.230. The summed E-state index contributed by atoms with van der Waals surface area (Å²) >= 11 is 5.10. The number of hydrogen-bond donors (Lipinski definition) is 2. The van der Waals surface area contributed by atoms with Crippen LogP contribution in [0, 0.1) is 0 Å². The summed E-state index contributed by atoms with van der Waals surface area (Å²) in [4.78, 5) is 5.25. The molecule has 0 aromatic carbocycles. The molecule has 1 aliphatic rings. The van der Waals surface area contributed by atoms with Gasteiger partial charge in [0.15, 0.2) is 0 Å². The molecule has 0 aliphatic carbocycles. The lowest BCUT2D eigenvalue weighted by atomic mass is 10.1. The summed E-state index contributed by atoms with van der Waals surface area (Å²) in [6.45, 7) is 10.5. The van der Waals surface area contributed by atoms with Crippen LogP contribution in [0.2, 0.25) is 0 Å². The van der Waals surface area contributed by atoms with Crippen LogP contribution >= 0.6 is 12.2 Å². The van der Waals surface area contributed by atoms with Crippen molar-refractivity contribution < 1.29 is 5.11 Å². The third-order valence-corrected chi connectivity index (χ3v) is 3.45. The van der Waals surface area contributed by atoms with Crippen molar-refractivity contribution in [2.45, 2.75) is 38.8 Å². The first-order valence-electron chi connectivity index (χ1n) is 6.31. The Morgan fingerprint density at radius 3 is 2.24 bits per heavy atom. The average Bonchev–Trinajstić information content (AvgIpc) is 2.18. The van der Waals surface area contributed by atoms with Gasteiger partial charge >= 0.3 is 0 Å². The van der Waals surface area contributed by atoms with Crippen LogP contribution in [0.3, 0.4) is 0 Å². The van der Waals surface area contributed by atoms with Crippen LogP contribution in [0.5, 0.6) is 0 Å². The molecule has 3 N–H and O–H groups in total. The molecule has 1 heterocycles. The standard InChI is InChI=1S/C12H25N3OS/c1-4-10(11(13)17)15-7-5-14(6-8-15)9-12(2,3)16/h10,16H,4-9H2,1-3H3,(H2,13,17). The van der Waals surface area contributed by atoms with Crippen LogP contribution in [0.25, 0.3) is 0 Å². The van der Waals surface area contributed by atoms with Crippen LogP contribution in [0.15, 0.2) is 0 Å². The molecule has 0 amide bonds. The molecule has 0 bridgehead atoms. The second-order valence-corrected chi connectivity index (χ2v) is 5.92. The van der Waals surface area contributed by atoms with Crippen LogP contribution in [-0.2, 0) is 0 Å². The van der Waals surface area contributed by atoms with Gasteiger partial charge in [0.2, 0.25) is 0 Å². The van der Waals surface area contributed by atoms with Gasteiger partial charge in [-0.1, -0.05) is 19.1 Å². The van der Waals surface area contributed by atoms with E-state index in [2.05, 4.69) is 16.7 Å². The van der Waals surface area contributed by atoms with Gasteiger partial charge < -0.3 is 10.8 Å². The summed E-state index contributed by atoms with van der Waals surface area (Å²) in [6, 6.07) is 0.231. The molecule has 5 heteroatoms. The first-order valence-corrected chi connectivity index (χ1v) is 6.72. The van der Waals surface area contributed by atoms with Crippen molar-refractivity contribution in [2.24, 2.45) is 5.73 Å². The normalized spacial score (nSPS) is 21.4. The number of thiocarbonyl (C=S) groups is 1. The number of β-amino-alcohol motifs (C(OH)–C–C–N with tert-alkyl or cyclic N) is 1. The van der Waals surface area contributed by atoms with Crippen molar-refractivity contribution >= 4 is 17.2 Å². The van der Waals surface area contributed by atoms with Crippen molar-refractivity contribution in [3.63, 3.8) is 0 Å². The minimum Gasteiger partial charge on any atom is -0.392 e. The number of rotatable bonds is 5. The molecule has 100 valence electrons. The molecule has 1 unspecified atom stereocenters. The van der Waals surface area contributed by atoms with E-state index >= 15 is 0 Å². The maximum atomic E-state index is 9.78. The van der Waals surface area contributed by atoms with Gasteiger partial charge in [-0.2, -0.15) is 0 Å². The number of piperazine rings is 1. The van der Waals surface area contributed by atoms with E-state index in [4.69, 9.17) is 18.0 Å². The van der Waals surface area contributed by atoms with Gasteiger partial charge in [-0.3, -0.25) is 9.80 Å². The molecule has 0 aromatic rings. The van der Waals surface area contributed by atoms with E-state index in [0.29, 0.717) is 4.99 Å². The van der Waals surface area contributed by atoms with Gasteiger partial charge in [0, 0.05) is 32.7 Å². The van der Waals surface area contributed by atoms with Gasteiger partial charge in [0.05, 0.1) is 16.6 Å². The zero-order valence-electron chi connectivity index (χ0n) is 11.1. The minimum atomic E-state index is -0.616. The third kappa shape index (κ3) is 4.87. The smallest absolute Gasteiger partial charge is 0.0901 e. The van der Waals surface area contributed by atoms with E-state index in [9.17, 15) is 5.11 Å². The van der Waals surface area contributed by atoms with Crippen LogP contribution in [-0.4, -0.2) is 64.3 Å². The van der Waals surface area contributed by atoms with Gasteiger partial charge in [-0.15, -0.1) is 0 Å². The number of nitrogens with two attached hydrogens (primary N) is 1. The Balaban J connectivity index is 2.42. The summed E-state index contributed by atoms with van der Waals surface area (Å²) in [6.07, 6.45) is 0.973. The van der Waals surface area contributed by atoms with Crippen molar-refractivity contribution in [3.05, 3.63) is 0 Å². The van der Waals surface area contributed by atoms with Gasteiger partial charge in [-0.25, -0.2) is 0 Å². The van der Waals surface area contributed by atoms with Crippen LogP contribution in [0.4, 0.5) is 0 Å². The molecule has 0 radical (unpaired) electrons. The highest BCUT2D eigenvalue weighted by Gasteiger charge is 2.26. The van der Waals surface area contributed by atoms with Crippen LogP contribution < -0.4 is 5.73 Å². The quantitative estimate of drug-likeness (QED) is 0.702. The molecule has 4 nitrogen and oxygen atoms in total. The Bertz CT molecular complexity index is 257. The maximum absolute atomic E-state index is 9.78. The minimum absolute atomic E-state index is 0.231. The monoisotopic (exact) mass is 259 g/mol. The molecular weight excluding hydrogens is 234 g/mol. The highest BCUT2D eigenvalue weighted by Crippen LogP contribution is 2.12. The van der Waals surface area contributed by atoms with E-state index in [0.717, 1.165) is 39.1 Å². The summed E-state index contributed by atoms with van der Waals surface area (Å²) < 4.78 is 0. The first-order chi connectivity index (χ1) is 7.83. The molecule has 17 heavy (non-hydrogen) atoms. The molecule has 1 aliphatic heterocycles. The van der Waals surface area contributed by atoms with E-state index in [-0.39, 0.29) is 6.04 Å². The lowest BCUT2D eigenvalue weighted by Crippen LogP contribution is -2.55. The summed E-state index contributed by atoms with van der Waals surface area (Å²) in [5.74, 6) is 0. The second-order valence-electron chi connectivity index (χ2n) is 5.45. The fourth-order valence-electron chi connectivity index (χ4n) is 2.42. The van der Waals surface area contributed by atoms with E-state index in [1.165, 1.54) is 0 Å². The molecular formula is C12H25N3OS. The summed E-state index contributed by atoms with van der Waals surface area (Å²) in [5, 5.41) is 9.78. The fourth-order valence-corrected chi connectivity index (χ4v) is 2.74. The first kappa shape index (κ1) is 14.8. The van der Waals surface area contributed by atoms with Gasteiger partial charge in [0.25, 0.3) is 0 Å². The topological polar surface area (TPSA) is 52.7 Å². The number of aliphatic hydroxyl groups is 1. The summed E-state index contributed by atoms with van der Waals surface area (Å²) in [5.41, 5.74) is 5.14. The molecule has 0 saturated carbocycles. The Morgan fingerprint density at radius 2 is 1.88 bits per heavy atom. The molecule has 1 atom stereocenters. The second kappa shape index (κ2) is 6.09. The number of nitrogens with zero attached hydrogens (tertiary/aromatic N) is 2. The molecule has 0 spiro atoms. The molecule has 1 fully saturated rings. The van der Waals surface area contributed by atoms with Crippen LogP contribution in [0.1, 0.15) is 27.2 Å². The zero-order chi connectivity index (χ0) is 13.1. The third-order valence-electron chi connectivity index (χ3n) is 3.17.